The van der Waals surface area contributed by atoms with Gasteiger partial charge >= 0.3 is 0 Å². The monoisotopic (exact) mass is 334 g/mol. The molecule has 0 unspecified atom stereocenters. The Morgan fingerprint density at radius 2 is 1.79 bits per heavy atom. The Balaban J connectivity index is 1.68. The maximum absolute atomic E-state index is 9.48. The van der Waals surface area contributed by atoms with E-state index in [1.165, 1.54) is 24.8 Å². The standard InChI is InChI=1S/C19H30N2O3/c1-23-18-10-15(11-19(12-18)24-2)13-20-7-8-21(16-4-3-5-16)14-17(20)6-9-22/h10-12,16-17,22H,3-9,13-14H2,1-2H3/t17-/m1/s1. The van der Waals surface area contributed by atoms with Gasteiger partial charge in [-0.05, 0) is 37.0 Å². The van der Waals surface area contributed by atoms with Crippen molar-refractivity contribution in [2.75, 3.05) is 40.5 Å². The topological polar surface area (TPSA) is 45.2 Å². The van der Waals surface area contributed by atoms with Crippen LogP contribution in [0.2, 0.25) is 0 Å². The maximum atomic E-state index is 9.48. The summed E-state index contributed by atoms with van der Waals surface area (Å²) in [6.45, 7) is 4.39. The van der Waals surface area contributed by atoms with Crippen molar-refractivity contribution in [3.8, 4) is 11.5 Å². The van der Waals surface area contributed by atoms with Crippen LogP contribution >= 0.6 is 0 Å². The first-order chi connectivity index (χ1) is 11.7. The molecule has 1 N–H and O–H groups in total. The lowest BCUT2D eigenvalue weighted by atomic mass is 9.90. The molecule has 24 heavy (non-hydrogen) atoms. The molecule has 3 rings (SSSR count). The normalized spacial score (nSPS) is 23.0. The smallest absolute Gasteiger partial charge is 0.122 e. The molecule has 2 aliphatic rings. The van der Waals surface area contributed by atoms with Crippen molar-refractivity contribution in [1.82, 2.24) is 9.80 Å². The first-order valence-corrected chi connectivity index (χ1v) is 9.04. The fourth-order valence-electron chi connectivity index (χ4n) is 3.82. The zero-order valence-corrected chi connectivity index (χ0v) is 14.9. The molecule has 0 amide bonds. The number of hydrogen-bond acceptors (Lipinski definition) is 5. The number of nitrogens with zero attached hydrogens (tertiary/aromatic N) is 2. The van der Waals surface area contributed by atoms with Crippen molar-refractivity contribution in [3.05, 3.63) is 23.8 Å². The van der Waals surface area contributed by atoms with Crippen LogP contribution in [0.15, 0.2) is 18.2 Å². The summed E-state index contributed by atoms with van der Waals surface area (Å²) >= 11 is 0. The third-order valence-electron chi connectivity index (χ3n) is 5.49. The van der Waals surface area contributed by atoms with Crippen LogP contribution in [0, 0.1) is 0 Å². The molecule has 5 nitrogen and oxygen atoms in total. The van der Waals surface area contributed by atoms with Crippen LogP contribution in [-0.4, -0.2) is 67.5 Å². The number of aliphatic hydroxyl groups excluding tert-OH is 1. The Hall–Kier alpha value is -1.30. The number of aliphatic hydroxyl groups is 1. The minimum absolute atomic E-state index is 0.251. The second-order valence-electron chi connectivity index (χ2n) is 6.94. The summed E-state index contributed by atoms with van der Waals surface area (Å²) in [4.78, 5) is 5.13. The van der Waals surface area contributed by atoms with Gasteiger partial charge < -0.3 is 14.6 Å². The Kier molecular flexibility index (Phi) is 5.98. The fraction of sp³-hybridized carbons (Fsp3) is 0.684. The van der Waals surface area contributed by atoms with Crippen molar-refractivity contribution < 1.29 is 14.6 Å². The molecule has 1 aliphatic carbocycles. The highest BCUT2D eigenvalue weighted by atomic mass is 16.5. The summed E-state index contributed by atoms with van der Waals surface area (Å²) in [5.74, 6) is 1.66. The minimum atomic E-state index is 0.251. The summed E-state index contributed by atoms with van der Waals surface area (Å²) in [6, 6.07) is 7.27. The Morgan fingerprint density at radius 1 is 1.08 bits per heavy atom. The Morgan fingerprint density at radius 3 is 2.33 bits per heavy atom. The molecule has 1 saturated carbocycles. The van der Waals surface area contributed by atoms with Crippen LogP contribution in [0.1, 0.15) is 31.2 Å². The van der Waals surface area contributed by atoms with Crippen molar-refractivity contribution in [3.63, 3.8) is 0 Å². The van der Waals surface area contributed by atoms with Crippen LogP contribution < -0.4 is 9.47 Å². The van der Waals surface area contributed by atoms with Gasteiger partial charge in [0.15, 0.2) is 0 Å². The SMILES string of the molecule is COc1cc(CN2CCN(C3CCC3)C[C@H]2CCO)cc(OC)c1. The van der Waals surface area contributed by atoms with Gasteiger partial charge in [0.25, 0.3) is 0 Å². The van der Waals surface area contributed by atoms with Gasteiger partial charge in [-0.25, -0.2) is 0 Å². The van der Waals surface area contributed by atoms with Gasteiger partial charge in [-0.15, -0.1) is 0 Å². The summed E-state index contributed by atoms with van der Waals surface area (Å²) < 4.78 is 10.8. The molecular weight excluding hydrogens is 304 g/mol. The summed E-state index contributed by atoms with van der Waals surface area (Å²) in [5, 5.41) is 9.48. The van der Waals surface area contributed by atoms with E-state index in [1.54, 1.807) is 14.2 Å². The molecule has 0 spiro atoms. The highest BCUT2D eigenvalue weighted by Gasteiger charge is 2.32. The molecule has 1 aromatic rings. The lowest BCUT2D eigenvalue weighted by Crippen LogP contribution is -2.57. The number of ether oxygens (including phenoxy) is 2. The van der Waals surface area contributed by atoms with Crippen molar-refractivity contribution in [2.24, 2.45) is 0 Å². The van der Waals surface area contributed by atoms with Gasteiger partial charge in [-0.3, -0.25) is 9.80 Å². The maximum Gasteiger partial charge on any atom is 0.122 e. The molecule has 1 heterocycles. The lowest BCUT2D eigenvalue weighted by molar-refractivity contribution is 0.0111. The van der Waals surface area contributed by atoms with Gasteiger partial charge in [-0.1, -0.05) is 6.42 Å². The van der Waals surface area contributed by atoms with Crippen molar-refractivity contribution >= 4 is 0 Å². The minimum Gasteiger partial charge on any atom is -0.497 e. The second kappa shape index (κ2) is 8.19. The quantitative estimate of drug-likeness (QED) is 0.828. The average molecular weight is 334 g/mol. The van der Waals surface area contributed by atoms with Gasteiger partial charge in [0.05, 0.1) is 14.2 Å². The van der Waals surface area contributed by atoms with Gasteiger partial charge in [0.1, 0.15) is 11.5 Å². The zero-order chi connectivity index (χ0) is 16.9. The fourth-order valence-corrected chi connectivity index (χ4v) is 3.82. The summed E-state index contributed by atoms with van der Waals surface area (Å²) in [5.41, 5.74) is 1.20. The molecule has 134 valence electrons. The number of methoxy groups -OCH3 is 2. The van der Waals surface area contributed by atoms with E-state index in [2.05, 4.69) is 21.9 Å². The van der Waals surface area contributed by atoms with E-state index < -0.39 is 0 Å². The molecule has 0 aromatic heterocycles. The molecule has 2 fully saturated rings. The van der Waals surface area contributed by atoms with Crippen LogP contribution in [0.5, 0.6) is 11.5 Å². The summed E-state index contributed by atoms with van der Waals surface area (Å²) in [7, 11) is 3.37. The Labute approximate surface area is 145 Å². The number of piperazine rings is 1. The van der Waals surface area contributed by atoms with Crippen LogP contribution in [0.3, 0.4) is 0 Å². The van der Waals surface area contributed by atoms with E-state index in [1.807, 2.05) is 6.07 Å². The predicted molar refractivity (Wildman–Crippen MR) is 94.7 cm³/mol. The average Bonchev–Trinajstić information content (AvgIpc) is 2.55. The van der Waals surface area contributed by atoms with E-state index in [0.29, 0.717) is 6.04 Å². The molecule has 1 saturated heterocycles. The van der Waals surface area contributed by atoms with Crippen molar-refractivity contribution in [1.29, 1.82) is 0 Å². The first kappa shape index (κ1) is 17.5. The van der Waals surface area contributed by atoms with Crippen molar-refractivity contribution in [2.45, 2.75) is 44.3 Å². The molecule has 5 heteroatoms. The van der Waals surface area contributed by atoms with E-state index in [-0.39, 0.29) is 6.61 Å². The lowest BCUT2D eigenvalue weighted by Gasteiger charge is -2.47. The second-order valence-corrected chi connectivity index (χ2v) is 6.94. The third-order valence-corrected chi connectivity index (χ3v) is 5.49. The van der Waals surface area contributed by atoms with E-state index in [0.717, 1.165) is 50.1 Å². The summed E-state index contributed by atoms with van der Waals surface area (Å²) in [6.07, 6.45) is 4.90. The molecule has 1 atom stereocenters. The van der Waals surface area contributed by atoms with E-state index in [4.69, 9.17) is 9.47 Å². The van der Waals surface area contributed by atoms with Gasteiger partial charge in [0, 0.05) is 50.9 Å². The highest BCUT2D eigenvalue weighted by Crippen LogP contribution is 2.29. The molecule has 1 aliphatic heterocycles. The largest absolute Gasteiger partial charge is 0.497 e. The van der Waals surface area contributed by atoms with Crippen LogP contribution in [0.4, 0.5) is 0 Å². The molecular formula is C19H30N2O3. The number of benzene rings is 1. The molecule has 0 radical (unpaired) electrons. The zero-order valence-electron chi connectivity index (χ0n) is 14.9. The number of hydrogen-bond donors (Lipinski definition) is 1. The highest BCUT2D eigenvalue weighted by molar-refractivity contribution is 5.38. The predicted octanol–water partition coefficient (Wildman–Crippen LogP) is 2.12. The third kappa shape index (κ3) is 4.02. The Bertz CT molecular complexity index is 511. The van der Waals surface area contributed by atoms with Crippen LogP contribution in [0.25, 0.3) is 0 Å². The van der Waals surface area contributed by atoms with Gasteiger partial charge in [0.2, 0.25) is 0 Å². The molecule has 0 bridgehead atoms. The van der Waals surface area contributed by atoms with Gasteiger partial charge in [-0.2, -0.15) is 0 Å². The van der Waals surface area contributed by atoms with Crippen LogP contribution in [-0.2, 0) is 6.54 Å². The number of rotatable bonds is 7. The first-order valence-electron chi connectivity index (χ1n) is 9.04. The van der Waals surface area contributed by atoms with E-state index in [9.17, 15) is 5.11 Å². The molecule has 1 aromatic carbocycles. The van der Waals surface area contributed by atoms with E-state index >= 15 is 0 Å².